The molecule has 6 heteroatoms. The second-order valence-electron chi connectivity index (χ2n) is 3.78. The van der Waals surface area contributed by atoms with Gasteiger partial charge in [0.2, 0.25) is 0 Å². The number of rotatable bonds is 3. The van der Waals surface area contributed by atoms with E-state index in [9.17, 15) is 17.6 Å². The molecule has 2 aromatic rings. The van der Waals surface area contributed by atoms with Gasteiger partial charge in [0.25, 0.3) is 0 Å². The minimum absolute atomic E-state index is 0.00954. The summed E-state index contributed by atoms with van der Waals surface area (Å²) in [6.07, 6.45) is -3.95. The van der Waals surface area contributed by atoms with Crippen LogP contribution in [0, 0.1) is 11.6 Å². The summed E-state index contributed by atoms with van der Waals surface area (Å²) >= 11 is 0. The number of nitrogen functional groups attached to an aromatic ring is 1. The van der Waals surface area contributed by atoms with Gasteiger partial charge < -0.3 is 10.5 Å². The number of alkyl halides is 2. The molecule has 2 aromatic carbocycles. The van der Waals surface area contributed by atoms with Crippen LogP contribution >= 0.6 is 0 Å². The van der Waals surface area contributed by atoms with Crippen molar-refractivity contribution in [3.8, 4) is 5.75 Å². The fraction of sp³-hybridized carbons (Fsp3) is 0.0769. The maximum Gasteiger partial charge on any atom is 0.429 e. The Labute approximate surface area is 106 Å². The zero-order valence-electron chi connectivity index (χ0n) is 9.54. The summed E-state index contributed by atoms with van der Waals surface area (Å²) in [4.78, 5) is 0. The van der Waals surface area contributed by atoms with Crippen LogP contribution in [-0.4, -0.2) is 0 Å². The molecule has 100 valence electrons. The zero-order valence-corrected chi connectivity index (χ0v) is 9.54. The summed E-state index contributed by atoms with van der Waals surface area (Å²) in [6.45, 7) is 0. The Morgan fingerprint density at radius 1 is 1.00 bits per heavy atom. The van der Waals surface area contributed by atoms with Gasteiger partial charge in [-0.1, -0.05) is 12.1 Å². The van der Waals surface area contributed by atoms with Crippen molar-refractivity contribution in [1.29, 1.82) is 0 Å². The third-order valence-corrected chi connectivity index (χ3v) is 2.40. The molecule has 0 aliphatic carbocycles. The van der Waals surface area contributed by atoms with Crippen LogP contribution in [0.4, 0.5) is 23.2 Å². The summed E-state index contributed by atoms with van der Waals surface area (Å²) < 4.78 is 58.0. The van der Waals surface area contributed by atoms with E-state index in [1.165, 1.54) is 18.2 Å². The number of halogens is 4. The van der Waals surface area contributed by atoms with Crippen LogP contribution in [-0.2, 0) is 6.11 Å². The minimum Gasteiger partial charge on any atom is -0.427 e. The molecule has 0 atom stereocenters. The van der Waals surface area contributed by atoms with E-state index in [-0.39, 0.29) is 11.4 Å². The first-order valence-corrected chi connectivity index (χ1v) is 5.27. The van der Waals surface area contributed by atoms with E-state index in [1.54, 1.807) is 6.07 Å². The molecule has 0 amide bonds. The summed E-state index contributed by atoms with van der Waals surface area (Å²) in [7, 11) is 0. The van der Waals surface area contributed by atoms with E-state index in [0.29, 0.717) is 12.1 Å². The molecule has 2 nitrogen and oxygen atoms in total. The lowest BCUT2D eigenvalue weighted by Crippen LogP contribution is -2.24. The van der Waals surface area contributed by atoms with Gasteiger partial charge in [0.05, 0.1) is 5.69 Å². The lowest BCUT2D eigenvalue weighted by atomic mass is 10.2. The summed E-state index contributed by atoms with van der Waals surface area (Å²) in [5.74, 6) is -2.62. The minimum atomic E-state index is -3.95. The topological polar surface area (TPSA) is 35.2 Å². The molecule has 0 spiro atoms. The molecule has 0 aromatic heterocycles. The lowest BCUT2D eigenvalue weighted by molar-refractivity contribution is -0.187. The monoisotopic (exact) mass is 271 g/mol. The van der Waals surface area contributed by atoms with Gasteiger partial charge in [-0.15, -0.1) is 0 Å². The van der Waals surface area contributed by atoms with Crippen molar-refractivity contribution in [3.05, 3.63) is 59.7 Å². The molecular weight excluding hydrogens is 262 g/mol. The highest BCUT2D eigenvalue weighted by Crippen LogP contribution is 2.35. The van der Waals surface area contributed by atoms with Crippen LogP contribution in [0.2, 0.25) is 0 Å². The normalized spacial score (nSPS) is 11.4. The third kappa shape index (κ3) is 2.78. The van der Waals surface area contributed by atoms with Crippen molar-refractivity contribution in [2.45, 2.75) is 6.11 Å². The van der Waals surface area contributed by atoms with Crippen LogP contribution in [0.5, 0.6) is 5.75 Å². The average Bonchev–Trinajstić information content (AvgIpc) is 2.31. The number of hydrogen-bond acceptors (Lipinski definition) is 2. The Balaban J connectivity index is 2.35. The lowest BCUT2D eigenvalue weighted by Gasteiger charge is -2.19. The van der Waals surface area contributed by atoms with E-state index in [4.69, 9.17) is 5.73 Å². The first-order chi connectivity index (χ1) is 8.90. The van der Waals surface area contributed by atoms with Crippen molar-refractivity contribution < 1.29 is 22.3 Å². The number of hydrogen-bond donors (Lipinski definition) is 1. The maximum atomic E-state index is 13.8. The van der Waals surface area contributed by atoms with Gasteiger partial charge in [-0.3, -0.25) is 0 Å². The predicted octanol–water partition coefficient (Wildman–Crippen LogP) is 3.68. The molecule has 0 saturated carbocycles. The third-order valence-electron chi connectivity index (χ3n) is 2.40. The highest BCUT2D eigenvalue weighted by Gasteiger charge is 2.38. The number of nitrogens with two attached hydrogens (primary N) is 1. The second-order valence-corrected chi connectivity index (χ2v) is 3.78. The van der Waals surface area contributed by atoms with Gasteiger partial charge in [-0.25, -0.2) is 8.78 Å². The van der Waals surface area contributed by atoms with E-state index in [2.05, 4.69) is 4.74 Å². The van der Waals surface area contributed by atoms with E-state index >= 15 is 0 Å². The predicted molar refractivity (Wildman–Crippen MR) is 61.7 cm³/mol. The second kappa shape index (κ2) is 4.79. The van der Waals surface area contributed by atoms with Crippen molar-refractivity contribution in [3.63, 3.8) is 0 Å². The molecule has 0 unspecified atom stereocenters. The molecule has 19 heavy (non-hydrogen) atoms. The van der Waals surface area contributed by atoms with Crippen molar-refractivity contribution >= 4 is 5.69 Å². The van der Waals surface area contributed by atoms with Gasteiger partial charge in [0.15, 0.2) is 0 Å². The highest BCUT2D eigenvalue weighted by atomic mass is 19.3. The van der Waals surface area contributed by atoms with E-state index in [0.717, 1.165) is 6.07 Å². The molecule has 0 heterocycles. The fourth-order valence-corrected chi connectivity index (χ4v) is 1.49. The van der Waals surface area contributed by atoms with E-state index in [1.807, 2.05) is 0 Å². The molecule has 0 aliphatic heterocycles. The molecule has 2 rings (SSSR count). The Bertz CT molecular complexity index is 601. The maximum absolute atomic E-state index is 13.8. The van der Waals surface area contributed by atoms with Gasteiger partial charge >= 0.3 is 6.11 Å². The molecule has 0 aliphatic rings. The van der Waals surface area contributed by atoms with Crippen LogP contribution in [0.25, 0.3) is 0 Å². The average molecular weight is 271 g/mol. The van der Waals surface area contributed by atoms with Gasteiger partial charge in [0, 0.05) is 6.07 Å². The van der Waals surface area contributed by atoms with Crippen LogP contribution < -0.4 is 10.5 Å². The van der Waals surface area contributed by atoms with E-state index < -0.39 is 23.3 Å². The molecule has 2 N–H and O–H groups in total. The molecule has 0 bridgehead atoms. The van der Waals surface area contributed by atoms with Crippen molar-refractivity contribution in [1.82, 2.24) is 0 Å². The zero-order chi connectivity index (χ0) is 14.0. The van der Waals surface area contributed by atoms with Crippen LogP contribution in [0.3, 0.4) is 0 Å². The molecule has 0 saturated heterocycles. The van der Waals surface area contributed by atoms with Crippen LogP contribution in [0.1, 0.15) is 5.56 Å². The number of benzene rings is 2. The summed E-state index contributed by atoms with van der Waals surface area (Å²) in [6, 6.07) is 7.30. The summed E-state index contributed by atoms with van der Waals surface area (Å²) in [5.41, 5.74) is 4.39. The molecule has 0 radical (unpaired) electrons. The summed E-state index contributed by atoms with van der Waals surface area (Å²) in [5, 5.41) is 0. The standard InChI is InChI=1S/C13H9F4NO/c14-8-5-6-9(10(15)7-8)13(16,17)19-12-4-2-1-3-11(12)18/h1-7H,18H2. The SMILES string of the molecule is Nc1ccccc1OC(F)(F)c1ccc(F)cc1F. The van der Waals surface area contributed by atoms with Crippen molar-refractivity contribution in [2.24, 2.45) is 0 Å². The number of ether oxygens (including phenoxy) is 1. The number of anilines is 1. The van der Waals surface area contributed by atoms with Crippen molar-refractivity contribution in [2.75, 3.05) is 5.73 Å². The Morgan fingerprint density at radius 2 is 1.68 bits per heavy atom. The van der Waals surface area contributed by atoms with Gasteiger partial charge in [-0.05, 0) is 24.3 Å². The van der Waals surface area contributed by atoms with Crippen LogP contribution in [0.15, 0.2) is 42.5 Å². The Morgan fingerprint density at radius 3 is 2.32 bits per heavy atom. The molecular formula is C13H9F4NO. The first-order valence-electron chi connectivity index (χ1n) is 5.27. The van der Waals surface area contributed by atoms with Gasteiger partial charge in [-0.2, -0.15) is 8.78 Å². The Hall–Kier alpha value is -2.24. The smallest absolute Gasteiger partial charge is 0.427 e. The quantitative estimate of drug-likeness (QED) is 0.682. The van der Waals surface area contributed by atoms with Gasteiger partial charge in [0.1, 0.15) is 22.9 Å². The Kier molecular flexibility index (Phi) is 3.33. The largest absolute Gasteiger partial charge is 0.429 e. The first kappa shape index (κ1) is 13.2. The molecule has 0 fully saturated rings. The fourth-order valence-electron chi connectivity index (χ4n) is 1.49. The highest BCUT2D eigenvalue weighted by molar-refractivity contribution is 5.52. The number of para-hydroxylation sites is 2.